The number of hydrogen-bond donors (Lipinski definition) is 2. The van der Waals surface area contributed by atoms with Crippen LogP contribution in [-0.2, 0) is 0 Å². The number of aliphatic hydroxyl groups excluding tert-OH is 1. The number of carbonyl (C=O) groups excluding carboxylic acids is 1. The number of ether oxygens (including phenoxy) is 1. The molecule has 0 atom stereocenters. The highest BCUT2D eigenvalue weighted by Crippen LogP contribution is 2.26. The zero-order chi connectivity index (χ0) is 22.9. The molecule has 0 unspecified atom stereocenters. The number of nitrogens with zero attached hydrogens (tertiary/aromatic N) is 3. The fourth-order valence-electron chi connectivity index (χ4n) is 3.71. The standard InChI is InChI=1S/C23H33FN4O4/c1-16(2)21-26-23(32-27-21)28-11-8-17(9-12-28)5-3-14-31-18-6-7-19(20(24)15-18)22(30)25-10-4-13-29/h6-7,15-17,29H,3-5,8-14H2,1-2H3,(H,25,30). The number of nitrogens with one attached hydrogen (secondary N) is 1. The molecule has 1 aliphatic rings. The summed E-state index contributed by atoms with van der Waals surface area (Å²) in [6, 6.07) is 4.90. The van der Waals surface area contributed by atoms with Crippen molar-refractivity contribution in [3.63, 3.8) is 0 Å². The van der Waals surface area contributed by atoms with Crippen molar-refractivity contribution in [1.82, 2.24) is 15.5 Å². The first kappa shape index (κ1) is 24.0. The van der Waals surface area contributed by atoms with Gasteiger partial charge in [-0.3, -0.25) is 4.79 Å². The normalized spacial score (nSPS) is 14.7. The van der Waals surface area contributed by atoms with Gasteiger partial charge in [-0.1, -0.05) is 19.0 Å². The van der Waals surface area contributed by atoms with E-state index in [9.17, 15) is 9.18 Å². The van der Waals surface area contributed by atoms with Gasteiger partial charge in [-0.05, 0) is 50.2 Å². The molecular formula is C23H33FN4O4. The number of benzene rings is 1. The van der Waals surface area contributed by atoms with Crippen LogP contribution in [0.25, 0.3) is 0 Å². The quantitative estimate of drug-likeness (QED) is 0.507. The molecule has 1 fully saturated rings. The summed E-state index contributed by atoms with van der Waals surface area (Å²) in [5.41, 5.74) is -0.0242. The number of carbonyl (C=O) groups is 1. The van der Waals surface area contributed by atoms with Crippen molar-refractivity contribution >= 4 is 11.9 Å². The summed E-state index contributed by atoms with van der Waals surface area (Å²) in [7, 11) is 0. The van der Waals surface area contributed by atoms with Gasteiger partial charge in [-0.25, -0.2) is 4.39 Å². The first-order valence-electron chi connectivity index (χ1n) is 11.4. The molecule has 1 aromatic heterocycles. The number of halogens is 1. The van der Waals surface area contributed by atoms with Crippen LogP contribution in [0.3, 0.4) is 0 Å². The lowest BCUT2D eigenvalue weighted by Crippen LogP contribution is -2.34. The molecule has 0 saturated carbocycles. The molecule has 1 saturated heterocycles. The second-order valence-electron chi connectivity index (χ2n) is 8.49. The molecule has 176 valence electrons. The van der Waals surface area contributed by atoms with Gasteiger partial charge in [0.25, 0.3) is 5.91 Å². The molecule has 8 nitrogen and oxygen atoms in total. The molecule has 9 heteroatoms. The summed E-state index contributed by atoms with van der Waals surface area (Å²) in [5.74, 6) is 0.924. The van der Waals surface area contributed by atoms with Gasteiger partial charge in [0.15, 0.2) is 5.82 Å². The minimum atomic E-state index is -0.613. The van der Waals surface area contributed by atoms with E-state index in [4.69, 9.17) is 14.4 Å². The van der Waals surface area contributed by atoms with Crippen LogP contribution in [0, 0.1) is 11.7 Å². The predicted octanol–water partition coefficient (Wildman–Crippen LogP) is 3.52. The fraction of sp³-hybridized carbons (Fsp3) is 0.609. The van der Waals surface area contributed by atoms with Gasteiger partial charge in [-0.15, -0.1) is 0 Å². The molecule has 0 radical (unpaired) electrons. The molecule has 0 aliphatic carbocycles. The van der Waals surface area contributed by atoms with Crippen LogP contribution < -0.4 is 15.0 Å². The van der Waals surface area contributed by atoms with Crippen LogP contribution in [0.2, 0.25) is 0 Å². The van der Waals surface area contributed by atoms with Crippen LogP contribution >= 0.6 is 0 Å². The first-order chi connectivity index (χ1) is 15.5. The number of amides is 1. The second kappa shape index (κ2) is 11.8. The predicted molar refractivity (Wildman–Crippen MR) is 118 cm³/mol. The molecule has 32 heavy (non-hydrogen) atoms. The molecule has 2 heterocycles. The number of aliphatic hydroxyl groups is 1. The average molecular weight is 449 g/mol. The van der Waals surface area contributed by atoms with Gasteiger partial charge in [0.05, 0.1) is 12.2 Å². The molecule has 1 amide bonds. The highest BCUT2D eigenvalue weighted by atomic mass is 19.1. The zero-order valence-electron chi connectivity index (χ0n) is 18.8. The van der Waals surface area contributed by atoms with Crippen molar-refractivity contribution in [3.8, 4) is 5.75 Å². The molecule has 1 aromatic carbocycles. The molecule has 2 aromatic rings. The first-order valence-corrected chi connectivity index (χ1v) is 11.4. The van der Waals surface area contributed by atoms with E-state index >= 15 is 0 Å². The van der Waals surface area contributed by atoms with Crippen molar-refractivity contribution in [3.05, 3.63) is 35.4 Å². The Hall–Kier alpha value is -2.68. The van der Waals surface area contributed by atoms with Crippen LogP contribution in [0.1, 0.15) is 68.1 Å². The monoisotopic (exact) mass is 448 g/mol. The second-order valence-corrected chi connectivity index (χ2v) is 8.49. The van der Waals surface area contributed by atoms with Crippen LogP contribution in [0.15, 0.2) is 22.7 Å². The van der Waals surface area contributed by atoms with E-state index in [-0.39, 0.29) is 18.1 Å². The Bertz CT molecular complexity index is 865. The van der Waals surface area contributed by atoms with Gasteiger partial charge in [0.1, 0.15) is 11.6 Å². The Morgan fingerprint density at radius 3 is 2.78 bits per heavy atom. The summed E-state index contributed by atoms with van der Waals surface area (Å²) in [4.78, 5) is 18.6. The molecule has 3 rings (SSSR count). The van der Waals surface area contributed by atoms with Gasteiger partial charge >= 0.3 is 6.01 Å². The third-order valence-corrected chi connectivity index (χ3v) is 5.66. The number of anilines is 1. The Morgan fingerprint density at radius 1 is 1.34 bits per heavy atom. The topological polar surface area (TPSA) is 101 Å². The summed E-state index contributed by atoms with van der Waals surface area (Å²) in [6.07, 6.45) is 4.49. The summed E-state index contributed by atoms with van der Waals surface area (Å²) < 4.78 is 25.3. The van der Waals surface area contributed by atoms with Gasteiger partial charge in [0, 0.05) is 38.2 Å². The number of rotatable bonds is 11. The third kappa shape index (κ3) is 6.66. The summed E-state index contributed by atoms with van der Waals surface area (Å²) in [5, 5.41) is 15.4. The number of aromatic nitrogens is 2. The van der Waals surface area contributed by atoms with E-state index in [0.717, 1.165) is 44.6 Å². The van der Waals surface area contributed by atoms with Crippen LogP contribution in [0.5, 0.6) is 5.75 Å². The molecular weight excluding hydrogens is 415 g/mol. The van der Waals surface area contributed by atoms with E-state index in [1.165, 1.54) is 12.1 Å². The Morgan fingerprint density at radius 2 is 2.12 bits per heavy atom. The largest absolute Gasteiger partial charge is 0.493 e. The lowest BCUT2D eigenvalue weighted by Gasteiger charge is -2.30. The van der Waals surface area contributed by atoms with Crippen LogP contribution in [0.4, 0.5) is 10.4 Å². The highest BCUT2D eigenvalue weighted by Gasteiger charge is 2.23. The van der Waals surface area contributed by atoms with Crippen LogP contribution in [-0.4, -0.2) is 54.0 Å². The number of piperidine rings is 1. The number of hydrogen-bond acceptors (Lipinski definition) is 7. The molecule has 0 spiro atoms. The van der Waals surface area contributed by atoms with Crippen molar-refractivity contribution in [2.75, 3.05) is 37.7 Å². The van der Waals surface area contributed by atoms with Crippen molar-refractivity contribution in [2.24, 2.45) is 5.92 Å². The lowest BCUT2D eigenvalue weighted by molar-refractivity contribution is 0.0947. The van der Waals surface area contributed by atoms with Gasteiger partial charge in [-0.2, -0.15) is 4.98 Å². The third-order valence-electron chi connectivity index (χ3n) is 5.66. The maximum Gasteiger partial charge on any atom is 0.324 e. The molecule has 2 N–H and O–H groups in total. The highest BCUT2D eigenvalue weighted by molar-refractivity contribution is 5.94. The van der Waals surface area contributed by atoms with Gasteiger partial charge < -0.3 is 24.6 Å². The van der Waals surface area contributed by atoms with Crippen molar-refractivity contribution in [1.29, 1.82) is 0 Å². The smallest absolute Gasteiger partial charge is 0.324 e. The maximum atomic E-state index is 14.2. The Labute approximate surface area is 188 Å². The van der Waals surface area contributed by atoms with E-state index in [1.807, 2.05) is 13.8 Å². The minimum absolute atomic E-state index is 0.0214. The van der Waals surface area contributed by atoms with Crippen molar-refractivity contribution in [2.45, 2.75) is 51.9 Å². The zero-order valence-corrected chi connectivity index (χ0v) is 18.8. The maximum absolute atomic E-state index is 14.2. The minimum Gasteiger partial charge on any atom is -0.493 e. The summed E-state index contributed by atoms with van der Waals surface area (Å²) in [6.45, 7) is 6.68. The van der Waals surface area contributed by atoms with E-state index in [2.05, 4.69) is 20.4 Å². The van der Waals surface area contributed by atoms with Crippen molar-refractivity contribution < 1.29 is 23.6 Å². The molecule has 1 aliphatic heterocycles. The Kier molecular flexibility index (Phi) is 8.84. The Balaban J connectivity index is 1.36. The van der Waals surface area contributed by atoms with E-state index < -0.39 is 11.7 Å². The lowest BCUT2D eigenvalue weighted by atomic mass is 9.92. The molecule has 0 bridgehead atoms. The SMILES string of the molecule is CC(C)c1noc(N2CCC(CCCOc3ccc(C(=O)NCCCO)c(F)c3)CC2)n1. The van der Waals surface area contributed by atoms with E-state index in [0.29, 0.717) is 37.3 Å². The average Bonchev–Trinajstić information content (AvgIpc) is 3.28. The van der Waals surface area contributed by atoms with E-state index in [1.54, 1.807) is 6.07 Å². The van der Waals surface area contributed by atoms with Gasteiger partial charge in [0.2, 0.25) is 0 Å². The fourth-order valence-corrected chi connectivity index (χ4v) is 3.71. The summed E-state index contributed by atoms with van der Waals surface area (Å²) >= 11 is 0.